The van der Waals surface area contributed by atoms with E-state index in [-0.39, 0.29) is 16.3 Å². The first kappa shape index (κ1) is 18.4. The highest BCUT2D eigenvalue weighted by atomic mass is 35.5. The average Bonchev–Trinajstić information content (AvgIpc) is 2.54. The molecular formula is C17H15ClN2O5. The van der Waals surface area contributed by atoms with Crippen molar-refractivity contribution < 1.29 is 19.2 Å². The second-order valence-corrected chi connectivity index (χ2v) is 5.73. The number of amides is 1. The van der Waals surface area contributed by atoms with Gasteiger partial charge in [-0.15, -0.1) is 0 Å². The van der Waals surface area contributed by atoms with Crippen molar-refractivity contribution in [2.45, 2.75) is 20.0 Å². The Morgan fingerprint density at radius 1 is 1.24 bits per heavy atom. The van der Waals surface area contributed by atoms with Crippen LogP contribution in [0.3, 0.4) is 0 Å². The summed E-state index contributed by atoms with van der Waals surface area (Å²) in [6.07, 6.45) is -1.11. The van der Waals surface area contributed by atoms with Crippen LogP contribution in [0.25, 0.3) is 0 Å². The molecule has 1 N–H and O–H groups in total. The van der Waals surface area contributed by atoms with Gasteiger partial charge in [0.05, 0.1) is 15.5 Å². The summed E-state index contributed by atoms with van der Waals surface area (Å²) in [5.41, 5.74) is 1.06. The van der Waals surface area contributed by atoms with Crippen molar-refractivity contribution in [1.82, 2.24) is 0 Å². The van der Waals surface area contributed by atoms with Crippen LogP contribution in [0.2, 0.25) is 5.02 Å². The van der Waals surface area contributed by atoms with Gasteiger partial charge in [0, 0.05) is 17.8 Å². The van der Waals surface area contributed by atoms with E-state index in [9.17, 15) is 19.7 Å². The maximum Gasteiger partial charge on any atom is 0.340 e. The van der Waals surface area contributed by atoms with Gasteiger partial charge in [-0.1, -0.05) is 23.7 Å². The Morgan fingerprint density at radius 2 is 1.96 bits per heavy atom. The Hall–Kier alpha value is -2.93. The minimum absolute atomic E-state index is 0.00175. The number of nitrogens with zero attached hydrogens (tertiary/aromatic N) is 1. The van der Waals surface area contributed by atoms with Crippen LogP contribution in [0.15, 0.2) is 42.5 Å². The molecule has 0 aliphatic rings. The van der Waals surface area contributed by atoms with E-state index < -0.39 is 22.9 Å². The first-order chi connectivity index (χ1) is 11.8. The van der Waals surface area contributed by atoms with Crippen molar-refractivity contribution >= 4 is 34.9 Å². The number of hydrogen-bond donors (Lipinski definition) is 1. The number of anilines is 1. The monoisotopic (exact) mass is 362 g/mol. The van der Waals surface area contributed by atoms with Crippen LogP contribution in [0.5, 0.6) is 0 Å². The molecule has 7 nitrogen and oxygen atoms in total. The molecule has 0 aromatic heterocycles. The molecule has 0 heterocycles. The maximum atomic E-state index is 12.2. The van der Waals surface area contributed by atoms with Gasteiger partial charge < -0.3 is 10.1 Å². The van der Waals surface area contributed by atoms with Crippen LogP contribution >= 0.6 is 11.6 Å². The second-order valence-electron chi connectivity index (χ2n) is 5.33. The van der Waals surface area contributed by atoms with Gasteiger partial charge in [-0.3, -0.25) is 14.9 Å². The molecule has 1 amide bonds. The molecule has 2 rings (SSSR count). The zero-order valence-corrected chi connectivity index (χ0v) is 14.2. The molecule has 0 fully saturated rings. The number of esters is 1. The lowest BCUT2D eigenvalue weighted by Crippen LogP contribution is -2.30. The summed E-state index contributed by atoms with van der Waals surface area (Å²) in [6, 6.07) is 10.5. The zero-order valence-electron chi connectivity index (χ0n) is 13.5. The van der Waals surface area contributed by atoms with Gasteiger partial charge >= 0.3 is 5.97 Å². The van der Waals surface area contributed by atoms with Crippen molar-refractivity contribution in [3.63, 3.8) is 0 Å². The SMILES string of the molecule is Cc1cccc(NC(=O)[C@H](C)OC(=O)c2cc([N+](=O)[O-])ccc2Cl)c1. The molecule has 0 unspecified atom stereocenters. The van der Waals surface area contributed by atoms with E-state index in [1.165, 1.54) is 19.1 Å². The molecule has 0 aliphatic carbocycles. The number of halogens is 1. The predicted octanol–water partition coefficient (Wildman–Crippen LogP) is 3.74. The third-order valence-corrected chi connectivity index (χ3v) is 3.65. The quantitative estimate of drug-likeness (QED) is 0.496. The number of hydrogen-bond acceptors (Lipinski definition) is 5. The summed E-state index contributed by atoms with van der Waals surface area (Å²) in [5, 5.41) is 13.4. The summed E-state index contributed by atoms with van der Waals surface area (Å²) < 4.78 is 5.06. The Morgan fingerprint density at radius 3 is 2.60 bits per heavy atom. The van der Waals surface area contributed by atoms with Gasteiger partial charge in [0.2, 0.25) is 0 Å². The Labute approximate surface area is 148 Å². The summed E-state index contributed by atoms with van der Waals surface area (Å²) in [7, 11) is 0. The molecule has 0 saturated carbocycles. The number of nitro benzene ring substituents is 1. The fraction of sp³-hybridized carbons (Fsp3) is 0.176. The molecule has 0 spiro atoms. The van der Waals surface area contributed by atoms with E-state index in [0.717, 1.165) is 11.6 Å². The molecule has 1 atom stereocenters. The predicted molar refractivity (Wildman–Crippen MR) is 92.8 cm³/mol. The van der Waals surface area contributed by atoms with E-state index >= 15 is 0 Å². The number of ether oxygens (including phenoxy) is 1. The molecule has 2 aromatic carbocycles. The highest BCUT2D eigenvalue weighted by molar-refractivity contribution is 6.33. The Bertz CT molecular complexity index is 838. The van der Waals surface area contributed by atoms with Crippen LogP contribution in [-0.2, 0) is 9.53 Å². The van der Waals surface area contributed by atoms with Crippen molar-refractivity contribution in [3.05, 3.63) is 68.7 Å². The Balaban J connectivity index is 2.08. The first-order valence-corrected chi connectivity index (χ1v) is 7.68. The number of carbonyl (C=O) groups is 2. The van der Waals surface area contributed by atoms with E-state index in [0.29, 0.717) is 5.69 Å². The number of nitrogens with one attached hydrogen (secondary N) is 1. The second kappa shape index (κ2) is 7.76. The molecule has 0 radical (unpaired) electrons. The molecule has 0 aliphatic heterocycles. The van der Waals surface area contributed by atoms with Crippen LogP contribution in [-0.4, -0.2) is 22.9 Å². The summed E-state index contributed by atoms with van der Waals surface area (Å²) >= 11 is 5.88. The van der Waals surface area contributed by atoms with Crippen LogP contribution in [0.4, 0.5) is 11.4 Å². The fourth-order valence-corrected chi connectivity index (χ4v) is 2.22. The van der Waals surface area contributed by atoms with Gasteiger partial charge in [-0.2, -0.15) is 0 Å². The lowest BCUT2D eigenvalue weighted by Gasteiger charge is -2.14. The molecule has 0 saturated heterocycles. The topological polar surface area (TPSA) is 98.5 Å². The van der Waals surface area contributed by atoms with E-state index in [4.69, 9.17) is 16.3 Å². The number of aryl methyl sites for hydroxylation is 1. The van der Waals surface area contributed by atoms with E-state index in [1.807, 2.05) is 13.0 Å². The molecule has 25 heavy (non-hydrogen) atoms. The van der Waals surface area contributed by atoms with Crippen LogP contribution < -0.4 is 5.32 Å². The number of non-ortho nitro benzene ring substituents is 1. The molecular weight excluding hydrogens is 348 g/mol. The fourth-order valence-electron chi connectivity index (χ4n) is 2.03. The van der Waals surface area contributed by atoms with Gasteiger partial charge in [0.1, 0.15) is 0 Å². The minimum atomic E-state index is -1.11. The standard InChI is InChI=1S/C17H15ClN2O5/c1-10-4-3-5-12(8-10)19-16(21)11(2)25-17(22)14-9-13(20(23)24)6-7-15(14)18/h3-9,11H,1-2H3,(H,19,21)/t11-/m0/s1. The zero-order chi connectivity index (χ0) is 18.6. The number of rotatable bonds is 5. The molecule has 130 valence electrons. The Kier molecular flexibility index (Phi) is 5.71. The van der Waals surface area contributed by atoms with E-state index in [1.54, 1.807) is 18.2 Å². The van der Waals surface area contributed by atoms with Crippen molar-refractivity contribution in [1.29, 1.82) is 0 Å². The van der Waals surface area contributed by atoms with Crippen molar-refractivity contribution in [2.24, 2.45) is 0 Å². The third-order valence-electron chi connectivity index (χ3n) is 3.32. The third kappa shape index (κ3) is 4.77. The lowest BCUT2D eigenvalue weighted by molar-refractivity contribution is -0.384. The van der Waals surface area contributed by atoms with Gasteiger partial charge in [0.25, 0.3) is 11.6 Å². The van der Waals surface area contributed by atoms with Gasteiger partial charge in [-0.05, 0) is 37.6 Å². The molecule has 2 aromatic rings. The highest BCUT2D eigenvalue weighted by Crippen LogP contribution is 2.23. The van der Waals surface area contributed by atoms with Crippen LogP contribution in [0, 0.1) is 17.0 Å². The first-order valence-electron chi connectivity index (χ1n) is 7.30. The summed E-state index contributed by atoms with van der Waals surface area (Å²) in [5.74, 6) is -1.44. The average molecular weight is 363 g/mol. The lowest BCUT2D eigenvalue weighted by atomic mass is 10.2. The van der Waals surface area contributed by atoms with Crippen LogP contribution in [0.1, 0.15) is 22.8 Å². The normalized spacial score (nSPS) is 11.5. The summed E-state index contributed by atoms with van der Waals surface area (Å²) in [6.45, 7) is 3.28. The van der Waals surface area contributed by atoms with Gasteiger partial charge in [-0.25, -0.2) is 4.79 Å². The largest absolute Gasteiger partial charge is 0.449 e. The number of benzene rings is 2. The van der Waals surface area contributed by atoms with E-state index in [2.05, 4.69) is 5.32 Å². The van der Waals surface area contributed by atoms with Crippen molar-refractivity contribution in [2.75, 3.05) is 5.32 Å². The number of nitro groups is 1. The smallest absolute Gasteiger partial charge is 0.340 e. The van der Waals surface area contributed by atoms with Crippen molar-refractivity contribution in [3.8, 4) is 0 Å². The molecule has 0 bridgehead atoms. The molecule has 8 heteroatoms. The number of carbonyl (C=O) groups excluding carboxylic acids is 2. The van der Waals surface area contributed by atoms with Gasteiger partial charge in [0.15, 0.2) is 6.10 Å². The minimum Gasteiger partial charge on any atom is -0.449 e. The highest BCUT2D eigenvalue weighted by Gasteiger charge is 2.22. The summed E-state index contributed by atoms with van der Waals surface area (Å²) in [4.78, 5) is 34.4. The maximum absolute atomic E-state index is 12.2.